The Morgan fingerprint density at radius 1 is 1.22 bits per heavy atom. The number of halogens is 1. The van der Waals surface area contributed by atoms with Crippen LogP contribution in [0.1, 0.15) is 32.6 Å². The third-order valence-corrected chi connectivity index (χ3v) is 5.70. The number of nitrogens with one attached hydrogen (secondary N) is 1. The zero-order chi connectivity index (χ0) is 19.0. The minimum Gasteiger partial charge on any atom is -0.324 e. The first-order chi connectivity index (χ1) is 13.1. The first-order valence-electron chi connectivity index (χ1n) is 9.32. The van der Waals surface area contributed by atoms with Crippen molar-refractivity contribution in [3.63, 3.8) is 0 Å². The van der Waals surface area contributed by atoms with Crippen LogP contribution >= 0.6 is 15.9 Å². The molecule has 27 heavy (non-hydrogen) atoms. The van der Waals surface area contributed by atoms with E-state index in [1.54, 1.807) is 23.2 Å². The number of hydrogen-bond donors (Lipinski definition) is 1. The van der Waals surface area contributed by atoms with Crippen molar-refractivity contribution < 1.29 is 4.79 Å². The highest BCUT2D eigenvalue weighted by atomic mass is 79.9. The number of carbonyl (C=O) groups excluding carboxylic acids is 1. The second kappa shape index (κ2) is 7.34. The summed E-state index contributed by atoms with van der Waals surface area (Å²) in [5, 5.41) is 7.16. The van der Waals surface area contributed by atoms with Gasteiger partial charge in [0.1, 0.15) is 5.69 Å². The number of rotatable bonds is 4. The fourth-order valence-electron chi connectivity index (χ4n) is 3.78. The van der Waals surface area contributed by atoms with Crippen LogP contribution < -0.4 is 15.2 Å². The fraction of sp³-hybridized carbons (Fsp3) is 0.421. The van der Waals surface area contributed by atoms with Crippen LogP contribution in [0.15, 0.2) is 34.9 Å². The van der Waals surface area contributed by atoms with E-state index in [9.17, 15) is 4.79 Å². The van der Waals surface area contributed by atoms with Crippen LogP contribution in [-0.2, 0) is 0 Å². The lowest BCUT2D eigenvalue weighted by molar-refractivity contribution is 0.191. The maximum atomic E-state index is 12.8. The van der Waals surface area contributed by atoms with Crippen molar-refractivity contribution in [2.24, 2.45) is 0 Å². The van der Waals surface area contributed by atoms with E-state index in [4.69, 9.17) is 4.98 Å². The summed E-state index contributed by atoms with van der Waals surface area (Å²) in [4.78, 5) is 23.7. The molecule has 2 heterocycles. The molecule has 0 bridgehead atoms. The number of urea groups is 1. The van der Waals surface area contributed by atoms with Gasteiger partial charge in [-0.05, 0) is 44.0 Å². The van der Waals surface area contributed by atoms with E-state index >= 15 is 0 Å². The highest BCUT2D eigenvalue weighted by Crippen LogP contribution is 2.38. The van der Waals surface area contributed by atoms with E-state index in [-0.39, 0.29) is 6.03 Å². The van der Waals surface area contributed by atoms with Crippen molar-refractivity contribution in [1.82, 2.24) is 15.0 Å². The van der Waals surface area contributed by atoms with Crippen molar-refractivity contribution in [1.29, 1.82) is 0 Å². The largest absolute Gasteiger partial charge is 0.343 e. The quantitative estimate of drug-likeness (QED) is 0.770. The number of amides is 2. The zero-order valence-corrected chi connectivity index (χ0v) is 17.1. The summed E-state index contributed by atoms with van der Waals surface area (Å²) in [5.74, 6) is 1.32. The molecule has 2 aromatic rings. The number of anilines is 4. The van der Waals surface area contributed by atoms with Gasteiger partial charge in [0.2, 0.25) is 5.95 Å². The van der Waals surface area contributed by atoms with Gasteiger partial charge in [-0.1, -0.05) is 28.8 Å². The summed E-state index contributed by atoms with van der Waals surface area (Å²) < 4.78 is 1.02. The van der Waals surface area contributed by atoms with Crippen molar-refractivity contribution in [2.75, 3.05) is 28.8 Å². The summed E-state index contributed by atoms with van der Waals surface area (Å²) in [6, 6.07) is 8.14. The molecule has 4 rings (SSSR count). The van der Waals surface area contributed by atoms with Crippen molar-refractivity contribution in [3.05, 3.63) is 34.9 Å². The van der Waals surface area contributed by atoms with Gasteiger partial charge in [0, 0.05) is 23.8 Å². The molecule has 8 heteroatoms. The number of fused-ring (bicyclic) bond motifs is 1. The lowest BCUT2D eigenvalue weighted by atomic mass is 10.2. The molecule has 0 unspecified atom stereocenters. The Morgan fingerprint density at radius 2 is 1.93 bits per heavy atom. The van der Waals surface area contributed by atoms with Gasteiger partial charge in [0.25, 0.3) is 0 Å². The summed E-state index contributed by atoms with van der Waals surface area (Å²) >= 11 is 3.44. The van der Waals surface area contributed by atoms with Gasteiger partial charge >= 0.3 is 6.03 Å². The summed E-state index contributed by atoms with van der Waals surface area (Å²) in [5.41, 5.74) is 1.66. The van der Waals surface area contributed by atoms with Gasteiger partial charge in [-0.2, -0.15) is 4.98 Å². The molecule has 1 aliphatic carbocycles. The van der Waals surface area contributed by atoms with Crippen LogP contribution in [0, 0.1) is 0 Å². The molecule has 1 fully saturated rings. The monoisotopic (exact) mass is 430 g/mol. The Kier molecular flexibility index (Phi) is 4.90. The molecular formula is C19H23BrN6O. The van der Waals surface area contributed by atoms with Crippen LogP contribution in [0.2, 0.25) is 0 Å². The molecule has 1 saturated carbocycles. The highest BCUT2D eigenvalue weighted by molar-refractivity contribution is 9.10. The number of aromatic nitrogens is 2. The van der Waals surface area contributed by atoms with Gasteiger partial charge in [0.05, 0.1) is 12.2 Å². The second-order valence-corrected chi connectivity index (χ2v) is 7.79. The molecule has 0 spiro atoms. The number of carbonyl (C=O) groups is 1. The van der Waals surface area contributed by atoms with Gasteiger partial charge in [0.15, 0.2) is 5.82 Å². The molecule has 1 N–H and O–H groups in total. The number of benzene rings is 1. The van der Waals surface area contributed by atoms with Crippen LogP contribution in [0.25, 0.3) is 0 Å². The maximum Gasteiger partial charge on any atom is 0.343 e. The number of nitrogens with zero attached hydrogens (tertiary/aromatic N) is 5. The average molecular weight is 431 g/mol. The van der Waals surface area contributed by atoms with E-state index in [1.165, 1.54) is 12.8 Å². The Morgan fingerprint density at radius 3 is 2.59 bits per heavy atom. The Balaban J connectivity index is 1.72. The van der Waals surface area contributed by atoms with Gasteiger partial charge in [-0.3, -0.25) is 9.91 Å². The van der Waals surface area contributed by atoms with E-state index in [1.807, 2.05) is 31.2 Å². The maximum absolute atomic E-state index is 12.8. The van der Waals surface area contributed by atoms with Gasteiger partial charge < -0.3 is 5.32 Å². The van der Waals surface area contributed by atoms with Gasteiger partial charge in [-0.25, -0.2) is 14.8 Å². The van der Waals surface area contributed by atoms with E-state index in [0.717, 1.165) is 34.5 Å². The molecule has 142 valence electrons. The molecule has 1 aromatic heterocycles. The third-order valence-electron chi connectivity index (χ3n) is 5.17. The Bertz CT molecular complexity index is 837. The first-order valence-corrected chi connectivity index (χ1v) is 10.1. The molecular weight excluding hydrogens is 408 g/mol. The van der Waals surface area contributed by atoms with Crippen LogP contribution in [0.4, 0.5) is 27.9 Å². The van der Waals surface area contributed by atoms with Crippen molar-refractivity contribution in [3.8, 4) is 0 Å². The Hall–Kier alpha value is -2.35. The molecule has 1 aromatic carbocycles. The number of hydrazine groups is 1. The molecule has 2 aliphatic rings. The summed E-state index contributed by atoms with van der Waals surface area (Å²) in [6.45, 7) is 2.61. The number of hydrogen-bond acceptors (Lipinski definition) is 5. The van der Waals surface area contributed by atoms with Crippen LogP contribution in [0.5, 0.6) is 0 Å². The minimum atomic E-state index is -0.0332. The summed E-state index contributed by atoms with van der Waals surface area (Å²) in [6.07, 6.45) is 6.26. The molecule has 1 aliphatic heterocycles. The smallest absolute Gasteiger partial charge is 0.324 e. The van der Waals surface area contributed by atoms with E-state index < -0.39 is 0 Å². The second-order valence-electron chi connectivity index (χ2n) is 6.87. The standard InChI is InChI=1S/C19H23BrN6O/c1-3-25-19(27)24(2)16-12-21-18(22-14-10-8-13(20)9-11-14)23-17(16)26(25)15-6-4-5-7-15/h8-12,15H,3-7H2,1-2H3,(H,21,22,23). The third kappa shape index (κ3) is 3.34. The molecule has 0 atom stereocenters. The van der Waals surface area contributed by atoms with Crippen molar-refractivity contribution in [2.45, 2.75) is 38.6 Å². The van der Waals surface area contributed by atoms with Gasteiger partial charge in [-0.15, -0.1) is 0 Å². The highest BCUT2D eigenvalue weighted by Gasteiger charge is 2.39. The summed E-state index contributed by atoms with van der Waals surface area (Å²) in [7, 11) is 1.78. The topological polar surface area (TPSA) is 64.6 Å². The van der Waals surface area contributed by atoms with E-state index in [2.05, 4.69) is 31.2 Å². The predicted octanol–water partition coefficient (Wildman–Crippen LogP) is 4.54. The lowest BCUT2D eigenvalue weighted by Gasteiger charge is -2.45. The van der Waals surface area contributed by atoms with Crippen LogP contribution in [0.3, 0.4) is 0 Å². The molecule has 2 amide bonds. The zero-order valence-electron chi connectivity index (χ0n) is 15.5. The molecule has 0 radical (unpaired) electrons. The normalized spacial score (nSPS) is 17.4. The SMILES string of the molecule is CCN1C(=O)N(C)c2cnc(Nc3ccc(Br)cc3)nc2N1C1CCCC1. The van der Waals surface area contributed by atoms with Crippen LogP contribution in [-0.4, -0.2) is 40.6 Å². The lowest BCUT2D eigenvalue weighted by Crippen LogP contribution is -2.59. The minimum absolute atomic E-state index is 0.0332. The average Bonchev–Trinajstić information content (AvgIpc) is 3.20. The van der Waals surface area contributed by atoms with E-state index in [0.29, 0.717) is 18.5 Å². The van der Waals surface area contributed by atoms with Crippen molar-refractivity contribution >= 4 is 45.1 Å². The fourth-order valence-corrected chi connectivity index (χ4v) is 4.05. The molecule has 0 saturated heterocycles. The molecule has 7 nitrogen and oxygen atoms in total. The Labute approximate surface area is 167 Å². The first kappa shape index (κ1) is 18.0. The predicted molar refractivity (Wildman–Crippen MR) is 110 cm³/mol.